The molecule has 0 aliphatic carbocycles. The fourth-order valence-electron chi connectivity index (χ4n) is 4.09. The zero-order valence-electron chi connectivity index (χ0n) is 25.5. The van der Waals surface area contributed by atoms with Crippen LogP contribution in [0.2, 0.25) is 0 Å². The van der Waals surface area contributed by atoms with Crippen LogP contribution in [-0.4, -0.2) is 83.6 Å². The van der Waals surface area contributed by atoms with E-state index in [-0.39, 0.29) is 0 Å². The monoisotopic (exact) mass is 638 g/mol. The molecule has 3 rings (SSSR count). The first kappa shape index (κ1) is 37.0. The first-order valence-electron chi connectivity index (χ1n) is 13.7. The lowest BCUT2D eigenvalue weighted by molar-refractivity contribution is -0.373. The third kappa shape index (κ3) is 7.92. The Morgan fingerprint density at radius 1 is 0.884 bits per heavy atom. The lowest BCUT2D eigenvalue weighted by atomic mass is 9.90. The summed E-state index contributed by atoms with van der Waals surface area (Å²) in [6.07, 6.45) is -18.0. The van der Waals surface area contributed by atoms with Crippen LogP contribution in [0.5, 0.6) is 0 Å². The number of halogens is 6. The van der Waals surface area contributed by atoms with Crippen molar-refractivity contribution in [3.63, 3.8) is 0 Å². The van der Waals surface area contributed by atoms with E-state index in [1.54, 1.807) is 34.6 Å². The van der Waals surface area contributed by atoms with Crippen LogP contribution in [-0.2, 0) is 42.8 Å². The van der Waals surface area contributed by atoms with Gasteiger partial charge in [-0.05, 0) is 61.3 Å². The van der Waals surface area contributed by atoms with Crippen molar-refractivity contribution < 1.29 is 74.3 Å². The molecule has 0 radical (unpaired) electrons. The van der Waals surface area contributed by atoms with Gasteiger partial charge in [-0.3, -0.25) is 9.59 Å². The van der Waals surface area contributed by atoms with E-state index in [0.29, 0.717) is 12.8 Å². The molecule has 0 aromatic heterocycles. The Morgan fingerprint density at radius 2 is 1.37 bits per heavy atom. The molecule has 0 aromatic rings. The van der Waals surface area contributed by atoms with Crippen LogP contribution < -0.4 is 0 Å². The molecule has 250 valence electrons. The number of fused-ring (bicyclic) bond motifs is 3. The van der Waals surface area contributed by atoms with E-state index in [9.17, 15) is 40.7 Å². The van der Waals surface area contributed by atoms with Gasteiger partial charge in [0.05, 0.1) is 10.8 Å². The third-order valence-corrected chi connectivity index (χ3v) is 7.75. The summed E-state index contributed by atoms with van der Waals surface area (Å²) in [5.74, 6) is -2.75. The van der Waals surface area contributed by atoms with E-state index in [1.165, 1.54) is 13.8 Å². The van der Waals surface area contributed by atoms with Crippen molar-refractivity contribution in [3.8, 4) is 0 Å². The Hall–Kier alpha value is -2.17. The summed E-state index contributed by atoms with van der Waals surface area (Å²) >= 11 is 0. The number of carbonyl (C=O) groups excluding carboxylic acids is 3. The van der Waals surface area contributed by atoms with Gasteiger partial charge in [-0.15, -0.1) is 0 Å². The molecule has 10 nitrogen and oxygen atoms in total. The van der Waals surface area contributed by atoms with Crippen LogP contribution in [0.4, 0.5) is 26.3 Å². The van der Waals surface area contributed by atoms with Crippen LogP contribution >= 0.6 is 0 Å². The van der Waals surface area contributed by atoms with Crippen molar-refractivity contribution in [2.75, 3.05) is 0 Å². The Kier molecular flexibility index (Phi) is 10.6. The van der Waals surface area contributed by atoms with Crippen LogP contribution in [0.15, 0.2) is 0 Å². The predicted octanol–water partition coefficient (Wildman–Crippen LogP) is 4.74. The second-order valence-corrected chi connectivity index (χ2v) is 12.5. The highest BCUT2D eigenvalue weighted by atomic mass is 19.4. The molecule has 3 fully saturated rings. The number of esters is 3. The van der Waals surface area contributed by atoms with Crippen LogP contribution in [0, 0.1) is 10.8 Å². The summed E-state index contributed by atoms with van der Waals surface area (Å²) in [5, 5.41) is 8.99. The Balaban J connectivity index is 0.000000301. The molecule has 43 heavy (non-hydrogen) atoms. The first-order valence-corrected chi connectivity index (χ1v) is 13.7. The number of hydrogen-bond acceptors (Lipinski definition) is 10. The minimum absolute atomic E-state index is 0.293. The fraction of sp³-hybridized carbons (Fsp3) is 0.889. The van der Waals surface area contributed by atoms with Gasteiger partial charge < -0.3 is 33.5 Å². The molecular formula is C27H40F6O10. The maximum atomic E-state index is 12.5. The molecule has 3 aliphatic heterocycles. The molecule has 0 bridgehead atoms. The average Bonchev–Trinajstić information content (AvgIpc) is 3.43. The molecule has 0 saturated carbocycles. The van der Waals surface area contributed by atoms with Crippen molar-refractivity contribution in [2.45, 2.75) is 142 Å². The van der Waals surface area contributed by atoms with Crippen molar-refractivity contribution in [1.29, 1.82) is 0 Å². The normalized spacial score (nSPS) is 27.8. The average molecular weight is 639 g/mol. The van der Waals surface area contributed by atoms with Gasteiger partial charge in [0.1, 0.15) is 12.2 Å². The van der Waals surface area contributed by atoms with Crippen LogP contribution in [0.1, 0.15) is 81.6 Å². The van der Waals surface area contributed by atoms with Crippen molar-refractivity contribution in [1.82, 2.24) is 0 Å². The smallest absolute Gasteiger partial charge is 0.426 e. The molecule has 0 spiro atoms. The Bertz CT molecular complexity index is 1020. The van der Waals surface area contributed by atoms with Gasteiger partial charge in [0, 0.05) is 6.42 Å². The van der Waals surface area contributed by atoms with E-state index in [2.05, 4.69) is 4.74 Å². The van der Waals surface area contributed by atoms with Crippen molar-refractivity contribution in [2.24, 2.45) is 10.8 Å². The number of aliphatic hydroxyl groups is 1. The van der Waals surface area contributed by atoms with E-state index in [1.807, 2.05) is 6.92 Å². The molecule has 0 amide bonds. The zero-order valence-corrected chi connectivity index (χ0v) is 25.5. The number of rotatable bonds is 8. The lowest BCUT2D eigenvalue weighted by Crippen LogP contribution is -2.58. The highest BCUT2D eigenvalue weighted by Crippen LogP contribution is 2.46. The Morgan fingerprint density at radius 3 is 1.84 bits per heavy atom. The summed E-state index contributed by atoms with van der Waals surface area (Å²) < 4.78 is 107. The largest absolute Gasteiger partial charge is 0.462 e. The van der Waals surface area contributed by atoms with Gasteiger partial charge in [0.25, 0.3) is 5.60 Å². The van der Waals surface area contributed by atoms with E-state index in [4.69, 9.17) is 28.8 Å². The van der Waals surface area contributed by atoms with E-state index in [0.717, 1.165) is 6.92 Å². The molecule has 3 heterocycles. The third-order valence-electron chi connectivity index (χ3n) is 7.75. The highest BCUT2D eigenvalue weighted by molar-refractivity contribution is 5.84. The summed E-state index contributed by atoms with van der Waals surface area (Å²) in [6.45, 7) is 14.3. The minimum Gasteiger partial charge on any atom is -0.462 e. The second kappa shape index (κ2) is 12.3. The minimum atomic E-state index is -5.92. The summed E-state index contributed by atoms with van der Waals surface area (Å²) in [7, 11) is 0. The number of ether oxygens (including phenoxy) is 6. The molecule has 6 atom stereocenters. The summed E-state index contributed by atoms with van der Waals surface area (Å²) in [5.41, 5.74) is -6.62. The lowest BCUT2D eigenvalue weighted by Gasteiger charge is -2.34. The Labute approximate surface area is 245 Å². The van der Waals surface area contributed by atoms with Crippen molar-refractivity contribution >= 4 is 17.9 Å². The molecule has 6 unspecified atom stereocenters. The molecular weight excluding hydrogens is 598 g/mol. The van der Waals surface area contributed by atoms with Crippen LogP contribution in [0.3, 0.4) is 0 Å². The zero-order chi connectivity index (χ0) is 33.6. The molecule has 3 aliphatic rings. The maximum absolute atomic E-state index is 12.5. The topological polar surface area (TPSA) is 127 Å². The summed E-state index contributed by atoms with van der Waals surface area (Å²) in [4.78, 5) is 35.8. The standard InChI is InChI=1S/C15H22O7.C12H18F6O3/c1-6-14(2,3)13(17)20-9-7-8(18-11(9)16)10-12(19-7)22-15(4,5)21-10;1-5-9(3,4)8(19)21-7(2)6-10(20,11(13,14)15)12(16,17)18/h7-10,12H,6H2,1-5H3;7,20H,5-6H2,1-4H3. The van der Waals surface area contributed by atoms with E-state index < -0.39 is 95.7 Å². The van der Waals surface area contributed by atoms with Gasteiger partial charge in [-0.1, -0.05) is 13.8 Å². The number of alkyl halides is 6. The quantitative estimate of drug-likeness (QED) is 0.226. The number of carbonyl (C=O) groups is 3. The molecule has 16 heteroatoms. The fourth-order valence-corrected chi connectivity index (χ4v) is 4.09. The van der Waals surface area contributed by atoms with Crippen LogP contribution in [0.25, 0.3) is 0 Å². The van der Waals surface area contributed by atoms with Gasteiger partial charge >= 0.3 is 30.3 Å². The van der Waals surface area contributed by atoms with E-state index >= 15 is 0 Å². The first-order chi connectivity index (χ1) is 19.2. The predicted molar refractivity (Wildman–Crippen MR) is 134 cm³/mol. The van der Waals surface area contributed by atoms with Gasteiger partial charge in [0.2, 0.25) is 6.10 Å². The SMILES string of the molecule is CCC(C)(C)C(=O)OC(C)CC(O)(C(F)(F)F)C(F)(F)F.CCC(C)(C)C(=O)OC1C(=O)OC2C3OC(C)(C)OC3OC12. The van der Waals surface area contributed by atoms with Gasteiger partial charge in [0.15, 0.2) is 24.3 Å². The molecule has 0 aromatic carbocycles. The second-order valence-electron chi connectivity index (χ2n) is 12.5. The van der Waals surface area contributed by atoms with Gasteiger partial charge in [-0.2, -0.15) is 26.3 Å². The van der Waals surface area contributed by atoms with Gasteiger partial charge in [-0.25, -0.2) is 4.79 Å². The highest BCUT2D eigenvalue weighted by Gasteiger charge is 2.70. The maximum Gasteiger partial charge on any atom is 0.426 e. The van der Waals surface area contributed by atoms with Crippen molar-refractivity contribution in [3.05, 3.63) is 0 Å². The molecule has 3 saturated heterocycles. The molecule has 1 N–H and O–H groups in total. The summed E-state index contributed by atoms with van der Waals surface area (Å²) in [6, 6.07) is 0. The number of hydrogen-bond donors (Lipinski definition) is 1.